The van der Waals surface area contributed by atoms with E-state index in [9.17, 15) is 24.0 Å². The molecular formula is C40H55N4O11Si. The van der Waals surface area contributed by atoms with E-state index in [4.69, 9.17) is 28.1 Å². The molecule has 16 heteroatoms. The summed E-state index contributed by atoms with van der Waals surface area (Å²) in [7, 11) is 1.87. The van der Waals surface area contributed by atoms with E-state index in [0.29, 0.717) is 29.3 Å². The molecule has 3 unspecified atom stereocenters. The molecule has 0 aromatic heterocycles. The van der Waals surface area contributed by atoms with Gasteiger partial charge in [-0.3, -0.25) is 14.9 Å². The van der Waals surface area contributed by atoms with Gasteiger partial charge in [0.05, 0.1) is 37.6 Å². The van der Waals surface area contributed by atoms with Crippen molar-refractivity contribution in [2.45, 2.75) is 84.3 Å². The molecule has 56 heavy (non-hydrogen) atoms. The van der Waals surface area contributed by atoms with Gasteiger partial charge in [-0.25, -0.2) is 14.4 Å². The standard InChI is InChI=1S/C40H55N4O11Si/c1-10-21-52-34(45)19-18-29(37(47)53-22-11-2)42-38(48)41-27-16-14-26(15-17-27)25-54-39(49)43-30-24-33(51-7)32(50-6)23-28(30)36(46)44-20-12-13-31(44)35(40(3,4)5)55-56(8)9/h10-11,14-17,23-24,29,31,35H,1-2,12-13,18-22,25H2,3-9H3,(H,43,49)(H2,41,42,48). The highest BCUT2D eigenvalue weighted by Gasteiger charge is 2.42. The second kappa shape index (κ2) is 21.7. The molecule has 2 aromatic rings. The van der Waals surface area contributed by atoms with Crippen LogP contribution in [-0.2, 0) is 34.8 Å². The maximum atomic E-state index is 14.3. The van der Waals surface area contributed by atoms with Crippen molar-refractivity contribution in [3.8, 4) is 11.5 Å². The minimum absolute atomic E-state index is 0.0251. The Balaban J connectivity index is 1.68. The zero-order valence-electron chi connectivity index (χ0n) is 33.4. The summed E-state index contributed by atoms with van der Waals surface area (Å²) in [6.07, 6.45) is 3.23. The number of nitrogens with zero attached hydrogens (tertiary/aromatic N) is 1. The highest BCUT2D eigenvalue weighted by molar-refractivity contribution is 6.48. The van der Waals surface area contributed by atoms with Gasteiger partial charge in [-0.15, -0.1) is 0 Å². The highest BCUT2D eigenvalue weighted by atomic mass is 28.3. The number of benzene rings is 2. The first-order valence-corrected chi connectivity index (χ1v) is 20.7. The van der Waals surface area contributed by atoms with Gasteiger partial charge >= 0.3 is 24.1 Å². The number of likely N-dealkylation sites (tertiary alicyclic amines) is 1. The van der Waals surface area contributed by atoms with Crippen LogP contribution < -0.4 is 25.4 Å². The van der Waals surface area contributed by atoms with Crippen molar-refractivity contribution in [2.75, 3.05) is 44.6 Å². The van der Waals surface area contributed by atoms with Crippen LogP contribution in [0.4, 0.5) is 21.0 Å². The number of nitrogens with one attached hydrogen (secondary N) is 3. The molecule has 305 valence electrons. The monoisotopic (exact) mass is 795 g/mol. The maximum Gasteiger partial charge on any atom is 0.411 e. The molecule has 0 bridgehead atoms. The molecule has 2 aromatic carbocycles. The zero-order valence-corrected chi connectivity index (χ0v) is 34.4. The summed E-state index contributed by atoms with van der Waals surface area (Å²) in [6, 6.07) is 7.53. The number of ether oxygens (including phenoxy) is 5. The Morgan fingerprint density at radius 1 is 0.929 bits per heavy atom. The van der Waals surface area contributed by atoms with Crippen LogP contribution in [0.5, 0.6) is 11.5 Å². The molecule has 15 nitrogen and oxygen atoms in total. The number of esters is 2. The summed E-state index contributed by atoms with van der Waals surface area (Å²) in [4.78, 5) is 66.5. The first kappa shape index (κ1) is 45.0. The van der Waals surface area contributed by atoms with E-state index < -0.39 is 39.1 Å². The fourth-order valence-electron chi connectivity index (χ4n) is 6.04. The normalized spacial score (nSPS) is 14.9. The summed E-state index contributed by atoms with van der Waals surface area (Å²) < 4.78 is 33.0. The van der Waals surface area contributed by atoms with Crippen LogP contribution in [0, 0.1) is 5.41 Å². The number of carbonyl (C=O) groups excluding carboxylic acids is 5. The first-order chi connectivity index (χ1) is 26.6. The van der Waals surface area contributed by atoms with E-state index in [-0.39, 0.29) is 67.4 Å². The van der Waals surface area contributed by atoms with Crippen molar-refractivity contribution in [1.82, 2.24) is 10.2 Å². The van der Waals surface area contributed by atoms with Crippen molar-refractivity contribution in [2.24, 2.45) is 5.41 Å². The minimum atomic E-state index is -1.13. The average Bonchev–Trinajstić information content (AvgIpc) is 3.65. The number of hydrogen-bond acceptors (Lipinski definition) is 11. The molecule has 0 saturated carbocycles. The second-order valence-electron chi connectivity index (χ2n) is 14.3. The average molecular weight is 796 g/mol. The molecule has 1 fully saturated rings. The third-order valence-electron chi connectivity index (χ3n) is 8.63. The van der Waals surface area contributed by atoms with Crippen LogP contribution in [0.25, 0.3) is 0 Å². The van der Waals surface area contributed by atoms with Crippen molar-refractivity contribution in [3.05, 3.63) is 72.8 Å². The fraction of sp³-hybridized carbons (Fsp3) is 0.475. The summed E-state index contributed by atoms with van der Waals surface area (Å²) >= 11 is 0. The third kappa shape index (κ3) is 13.4. The quantitative estimate of drug-likeness (QED) is 0.0614. The van der Waals surface area contributed by atoms with Crippen LogP contribution in [0.1, 0.15) is 62.4 Å². The lowest BCUT2D eigenvalue weighted by atomic mass is 9.83. The van der Waals surface area contributed by atoms with E-state index in [2.05, 4.69) is 63.0 Å². The molecule has 3 N–H and O–H groups in total. The Morgan fingerprint density at radius 3 is 2.18 bits per heavy atom. The Bertz CT molecular complexity index is 1690. The van der Waals surface area contributed by atoms with Crippen molar-refractivity contribution in [1.29, 1.82) is 0 Å². The van der Waals surface area contributed by atoms with Crippen molar-refractivity contribution in [3.63, 3.8) is 0 Å². The largest absolute Gasteiger partial charge is 0.493 e. The van der Waals surface area contributed by atoms with Gasteiger partial charge in [0.1, 0.15) is 25.9 Å². The Hall–Kier alpha value is -5.35. The molecule has 4 amide bonds. The van der Waals surface area contributed by atoms with Gasteiger partial charge in [-0.1, -0.05) is 58.2 Å². The van der Waals surface area contributed by atoms with Crippen LogP contribution in [0.15, 0.2) is 61.7 Å². The van der Waals surface area contributed by atoms with Gasteiger partial charge in [0.15, 0.2) is 11.5 Å². The molecule has 1 saturated heterocycles. The molecule has 1 aliphatic rings. The number of carbonyl (C=O) groups is 5. The minimum Gasteiger partial charge on any atom is -0.493 e. The number of methoxy groups -OCH3 is 2. The van der Waals surface area contributed by atoms with Crippen LogP contribution in [-0.4, -0.2) is 96.1 Å². The summed E-state index contributed by atoms with van der Waals surface area (Å²) in [5.74, 6) is -0.928. The van der Waals surface area contributed by atoms with Crippen LogP contribution >= 0.6 is 0 Å². The summed E-state index contributed by atoms with van der Waals surface area (Å²) in [5, 5.41) is 7.85. The number of urea groups is 1. The van der Waals surface area contributed by atoms with Gasteiger partial charge in [-0.05, 0) is 61.5 Å². The lowest BCUT2D eigenvalue weighted by Gasteiger charge is -2.40. The van der Waals surface area contributed by atoms with Crippen LogP contribution in [0.3, 0.4) is 0 Å². The molecule has 0 aliphatic carbocycles. The Labute approximate surface area is 330 Å². The number of anilines is 2. The second-order valence-corrected chi connectivity index (χ2v) is 16.3. The van der Waals surface area contributed by atoms with Gasteiger partial charge in [-0.2, -0.15) is 0 Å². The van der Waals surface area contributed by atoms with E-state index in [1.807, 2.05) is 4.90 Å². The third-order valence-corrected chi connectivity index (χ3v) is 9.36. The molecule has 1 radical (unpaired) electrons. The van der Waals surface area contributed by atoms with Crippen LogP contribution in [0.2, 0.25) is 13.1 Å². The molecule has 3 rings (SSSR count). The number of amides is 4. The van der Waals surface area contributed by atoms with E-state index >= 15 is 0 Å². The van der Waals surface area contributed by atoms with E-state index in [1.165, 1.54) is 32.4 Å². The summed E-state index contributed by atoms with van der Waals surface area (Å²) in [5.41, 5.74) is 1.17. The van der Waals surface area contributed by atoms with Crippen molar-refractivity contribution >= 4 is 50.4 Å². The first-order valence-electron chi connectivity index (χ1n) is 18.3. The maximum absolute atomic E-state index is 14.3. The van der Waals surface area contributed by atoms with Gasteiger partial charge in [0.2, 0.25) is 9.04 Å². The number of hydrogen-bond donors (Lipinski definition) is 3. The van der Waals surface area contributed by atoms with E-state index in [0.717, 1.165) is 12.8 Å². The predicted molar refractivity (Wildman–Crippen MR) is 213 cm³/mol. The van der Waals surface area contributed by atoms with E-state index in [1.54, 1.807) is 30.3 Å². The Kier molecular flexibility index (Phi) is 17.4. The topological polar surface area (TPSA) is 180 Å². The van der Waals surface area contributed by atoms with Crippen molar-refractivity contribution < 1.29 is 52.1 Å². The fourth-order valence-corrected chi connectivity index (χ4v) is 7.06. The molecular weight excluding hydrogens is 741 g/mol. The van der Waals surface area contributed by atoms with Gasteiger partial charge < -0.3 is 43.6 Å². The SMILES string of the molecule is C=CCOC(=O)CCC(NC(=O)Nc1ccc(COC(=O)Nc2cc(OC)c(OC)cc2C(=O)N2CCCC2C(O[Si](C)C)C(C)(C)C)cc1)C(=O)OCC=C. The molecule has 0 spiro atoms. The van der Waals surface area contributed by atoms with Gasteiger partial charge in [0, 0.05) is 24.7 Å². The lowest BCUT2D eigenvalue weighted by molar-refractivity contribution is -0.146. The lowest BCUT2D eigenvalue weighted by Crippen LogP contribution is -2.50. The number of rotatable bonds is 19. The smallest absolute Gasteiger partial charge is 0.411 e. The molecule has 1 heterocycles. The Morgan fingerprint density at radius 2 is 1.57 bits per heavy atom. The molecule has 3 atom stereocenters. The summed E-state index contributed by atoms with van der Waals surface area (Å²) in [6.45, 7) is 17.8. The highest BCUT2D eigenvalue weighted by Crippen LogP contribution is 2.38. The van der Waals surface area contributed by atoms with Gasteiger partial charge in [0.25, 0.3) is 5.91 Å². The zero-order chi connectivity index (χ0) is 41.4. The predicted octanol–water partition coefficient (Wildman–Crippen LogP) is 6.47. The molecule has 1 aliphatic heterocycles.